The van der Waals surface area contributed by atoms with Gasteiger partial charge in [-0.1, -0.05) is 0 Å². The van der Waals surface area contributed by atoms with Crippen molar-refractivity contribution in [3.05, 3.63) is 35.1 Å². The molecule has 0 atom stereocenters. The van der Waals surface area contributed by atoms with Gasteiger partial charge in [-0.3, -0.25) is 0 Å². The fourth-order valence-electron chi connectivity index (χ4n) is 1.24. The van der Waals surface area contributed by atoms with Crippen LogP contribution in [0.3, 0.4) is 0 Å². The number of aromatic nitrogens is 2. The van der Waals surface area contributed by atoms with E-state index < -0.39 is 0 Å². The van der Waals surface area contributed by atoms with Gasteiger partial charge < -0.3 is 0 Å². The second-order valence-electron chi connectivity index (χ2n) is 2.86. The summed E-state index contributed by atoms with van der Waals surface area (Å²) in [5.41, 5.74) is 1.96. The first-order chi connectivity index (χ1) is 6.81. The summed E-state index contributed by atoms with van der Waals surface area (Å²) in [6.45, 7) is 1.88. The first-order valence-corrected chi connectivity index (χ1v) is 5.11. The molecule has 0 bridgehead atoms. The standard InChI is InChI=1S/C10H8BN2S/c1-7-12-4-2-9(13-7)10-8(6-11)3-5-14-10/h2-6H,1H3. The van der Waals surface area contributed by atoms with Crippen LogP contribution in [0.4, 0.5) is 0 Å². The second-order valence-corrected chi connectivity index (χ2v) is 3.78. The Bertz CT molecular complexity index is 465. The molecule has 0 N–H and O–H groups in total. The Morgan fingerprint density at radius 3 is 3.00 bits per heavy atom. The molecule has 0 saturated carbocycles. The minimum atomic E-state index is 0.777. The Morgan fingerprint density at radius 2 is 2.29 bits per heavy atom. The van der Waals surface area contributed by atoms with Crippen LogP contribution in [-0.4, -0.2) is 23.4 Å². The maximum absolute atomic E-state index is 5.51. The number of hydrogen-bond donors (Lipinski definition) is 0. The van der Waals surface area contributed by atoms with Gasteiger partial charge >= 0.3 is 87.4 Å². The van der Waals surface area contributed by atoms with E-state index in [4.69, 9.17) is 7.49 Å². The van der Waals surface area contributed by atoms with E-state index in [0.717, 1.165) is 22.0 Å². The molecule has 0 aliphatic carbocycles. The van der Waals surface area contributed by atoms with Gasteiger partial charge in [0, 0.05) is 0 Å². The Hall–Kier alpha value is -1.29. The van der Waals surface area contributed by atoms with Crippen molar-refractivity contribution in [2.75, 3.05) is 0 Å². The maximum atomic E-state index is 5.51. The number of rotatable bonds is 2. The zero-order valence-electron chi connectivity index (χ0n) is 7.77. The van der Waals surface area contributed by atoms with Crippen LogP contribution in [-0.2, 0) is 0 Å². The van der Waals surface area contributed by atoms with Crippen LogP contribution in [0.1, 0.15) is 11.4 Å². The van der Waals surface area contributed by atoms with Crippen LogP contribution in [0, 0.1) is 6.92 Å². The molecule has 0 amide bonds. The molecule has 0 fully saturated rings. The van der Waals surface area contributed by atoms with Crippen molar-refractivity contribution in [3.8, 4) is 10.6 Å². The van der Waals surface area contributed by atoms with Gasteiger partial charge in [0.2, 0.25) is 0 Å². The third-order valence-corrected chi connectivity index (χ3v) is 2.84. The first kappa shape index (κ1) is 9.28. The van der Waals surface area contributed by atoms with Crippen LogP contribution in [0.2, 0.25) is 0 Å². The van der Waals surface area contributed by atoms with Crippen molar-refractivity contribution in [2.45, 2.75) is 6.92 Å². The predicted molar refractivity (Wildman–Crippen MR) is 61.0 cm³/mol. The Balaban J connectivity index is 2.54. The summed E-state index contributed by atoms with van der Waals surface area (Å²) >= 11 is 1.63. The molecular formula is C10H8BN2S. The summed E-state index contributed by atoms with van der Waals surface area (Å²) in [7, 11) is 5.51. The van der Waals surface area contributed by atoms with Crippen LogP contribution in [0.15, 0.2) is 23.7 Å². The fraction of sp³-hybridized carbons (Fsp3) is 0.100. The molecule has 2 nitrogen and oxygen atoms in total. The molecule has 2 rings (SSSR count). The molecule has 0 aliphatic heterocycles. The SMILES string of the molecule is [B]=Cc1ccsc1-c1ccnc(C)n1. The quantitative estimate of drug-likeness (QED) is 0.689. The normalized spacial score (nSPS) is 10.0. The van der Waals surface area contributed by atoms with Crippen LogP contribution in [0.5, 0.6) is 0 Å². The van der Waals surface area contributed by atoms with E-state index in [0.29, 0.717) is 0 Å². The Morgan fingerprint density at radius 1 is 1.43 bits per heavy atom. The van der Waals surface area contributed by atoms with E-state index in [1.54, 1.807) is 23.5 Å². The van der Waals surface area contributed by atoms with Gasteiger partial charge in [0.05, 0.1) is 0 Å². The summed E-state index contributed by atoms with van der Waals surface area (Å²) in [5, 5.41) is 2.01. The van der Waals surface area contributed by atoms with Crippen molar-refractivity contribution in [2.24, 2.45) is 0 Å². The van der Waals surface area contributed by atoms with Crippen molar-refractivity contribution < 1.29 is 0 Å². The van der Waals surface area contributed by atoms with E-state index in [9.17, 15) is 0 Å². The number of thiophene rings is 1. The summed E-state index contributed by atoms with van der Waals surface area (Å²) in [4.78, 5) is 9.50. The van der Waals surface area contributed by atoms with Crippen LogP contribution in [0.25, 0.3) is 10.6 Å². The summed E-state index contributed by atoms with van der Waals surface area (Å²) in [6.07, 6.45) is 1.76. The molecule has 2 aromatic heterocycles. The van der Waals surface area contributed by atoms with Gasteiger partial charge in [0.1, 0.15) is 0 Å². The van der Waals surface area contributed by atoms with Gasteiger partial charge in [-0.15, -0.1) is 0 Å². The van der Waals surface area contributed by atoms with Crippen molar-refractivity contribution in [3.63, 3.8) is 0 Å². The Kier molecular flexibility index (Phi) is 2.54. The summed E-state index contributed by atoms with van der Waals surface area (Å²) in [5.74, 6) is 2.38. The molecule has 14 heavy (non-hydrogen) atoms. The Labute approximate surface area is 87.7 Å². The van der Waals surface area contributed by atoms with Gasteiger partial charge in [0.15, 0.2) is 0 Å². The molecule has 2 heterocycles. The number of hydrogen-bond acceptors (Lipinski definition) is 3. The minimum absolute atomic E-state index is 0.777. The molecule has 1 radical (unpaired) electrons. The third-order valence-electron chi connectivity index (χ3n) is 1.88. The molecule has 2 aromatic rings. The zero-order valence-corrected chi connectivity index (χ0v) is 8.58. The number of nitrogens with zero attached hydrogens (tertiary/aromatic N) is 2. The van der Waals surface area contributed by atoms with Crippen LogP contribution >= 0.6 is 11.3 Å². The van der Waals surface area contributed by atoms with Crippen molar-refractivity contribution in [1.82, 2.24) is 9.97 Å². The summed E-state index contributed by atoms with van der Waals surface area (Å²) < 4.78 is 0. The average Bonchev–Trinajstić information content (AvgIpc) is 2.65. The molecule has 0 aromatic carbocycles. The molecule has 67 valence electrons. The van der Waals surface area contributed by atoms with E-state index in [1.807, 2.05) is 24.4 Å². The average molecular weight is 199 g/mol. The fourth-order valence-corrected chi connectivity index (χ4v) is 2.10. The van der Waals surface area contributed by atoms with E-state index in [1.165, 1.54) is 0 Å². The second kappa shape index (κ2) is 3.84. The topological polar surface area (TPSA) is 25.8 Å². The molecule has 0 unspecified atom stereocenters. The van der Waals surface area contributed by atoms with E-state index in [-0.39, 0.29) is 0 Å². The van der Waals surface area contributed by atoms with E-state index in [2.05, 4.69) is 9.97 Å². The molecule has 0 aliphatic rings. The van der Waals surface area contributed by atoms with Crippen molar-refractivity contribution >= 4 is 24.8 Å². The van der Waals surface area contributed by atoms with Crippen LogP contribution < -0.4 is 0 Å². The van der Waals surface area contributed by atoms with Gasteiger partial charge in [0.25, 0.3) is 0 Å². The molecule has 0 saturated heterocycles. The van der Waals surface area contributed by atoms with Gasteiger partial charge in [-0.2, -0.15) is 0 Å². The van der Waals surface area contributed by atoms with E-state index >= 15 is 0 Å². The molecular weight excluding hydrogens is 191 g/mol. The zero-order chi connectivity index (χ0) is 9.97. The monoisotopic (exact) mass is 199 g/mol. The molecule has 4 heteroatoms. The van der Waals surface area contributed by atoms with Gasteiger partial charge in [-0.25, -0.2) is 0 Å². The number of aryl methyl sites for hydroxylation is 1. The molecule has 0 spiro atoms. The predicted octanol–water partition coefficient (Wildman–Crippen LogP) is 1.83. The first-order valence-electron chi connectivity index (χ1n) is 4.23. The summed E-state index contributed by atoms with van der Waals surface area (Å²) in [6, 6.07) is 3.88. The van der Waals surface area contributed by atoms with Crippen molar-refractivity contribution in [1.29, 1.82) is 0 Å². The van der Waals surface area contributed by atoms with Gasteiger partial charge in [-0.05, 0) is 0 Å². The third kappa shape index (κ3) is 1.66.